The largest absolute Gasteiger partial charge is 0.349 e. The molecule has 0 heterocycles. The van der Waals surface area contributed by atoms with Crippen LogP contribution < -0.4 is 0 Å². The van der Waals surface area contributed by atoms with E-state index in [0.717, 1.165) is 25.6 Å². The van der Waals surface area contributed by atoms with E-state index in [1.54, 1.807) is 0 Å². The van der Waals surface area contributed by atoms with Gasteiger partial charge in [-0.05, 0) is 5.92 Å². The minimum Gasteiger partial charge on any atom is -0.349 e. The standard InChI is InChI=1S/C16H32N4.HI/c1-9-11-20(12-10-2)15(14(3)4)13-17-16(18(5)6)19(7)8;/h9-10,14-15H,1-2,11-13H2,3-8H3;1H. The van der Waals surface area contributed by atoms with E-state index in [2.05, 4.69) is 31.9 Å². The molecule has 0 radical (unpaired) electrons. The Morgan fingerprint density at radius 1 is 1.00 bits per heavy atom. The number of nitrogens with zero attached hydrogens (tertiary/aromatic N) is 4. The first kappa shape index (κ1) is 22.7. The Balaban J connectivity index is 0. The monoisotopic (exact) mass is 408 g/mol. The smallest absolute Gasteiger partial charge is 0.195 e. The molecule has 21 heavy (non-hydrogen) atoms. The van der Waals surface area contributed by atoms with Crippen LogP contribution in [-0.4, -0.2) is 74.5 Å². The highest BCUT2D eigenvalue weighted by Gasteiger charge is 2.20. The Morgan fingerprint density at radius 3 is 1.71 bits per heavy atom. The second-order valence-electron chi connectivity index (χ2n) is 5.77. The van der Waals surface area contributed by atoms with Gasteiger partial charge in [-0.2, -0.15) is 0 Å². The molecule has 0 aromatic rings. The molecule has 0 aromatic carbocycles. The lowest BCUT2D eigenvalue weighted by molar-refractivity contribution is 0.195. The highest BCUT2D eigenvalue weighted by atomic mass is 127. The van der Waals surface area contributed by atoms with Gasteiger partial charge in [-0.1, -0.05) is 26.0 Å². The van der Waals surface area contributed by atoms with Crippen LogP contribution in [0.2, 0.25) is 0 Å². The number of aliphatic imine (C=N–C) groups is 1. The molecule has 124 valence electrons. The summed E-state index contributed by atoms with van der Waals surface area (Å²) < 4.78 is 0. The minimum atomic E-state index is 0. The fraction of sp³-hybridized carbons (Fsp3) is 0.688. The first-order chi connectivity index (χ1) is 9.34. The van der Waals surface area contributed by atoms with Crippen molar-refractivity contribution in [3.05, 3.63) is 25.3 Å². The zero-order valence-electron chi connectivity index (χ0n) is 14.5. The van der Waals surface area contributed by atoms with Crippen molar-refractivity contribution >= 4 is 29.9 Å². The van der Waals surface area contributed by atoms with E-state index < -0.39 is 0 Å². The van der Waals surface area contributed by atoms with Gasteiger partial charge < -0.3 is 9.80 Å². The summed E-state index contributed by atoms with van der Waals surface area (Å²) in [6.07, 6.45) is 3.89. The summed E-state index contributed by atoms with van der Waals surface area (Å²) in [6, 6.07) is 0.390. The maximum Gasteiger partial charge on any atom is 0.195 e. The van der Waals surface area contributed by atoms with Gasteiger partial charge in [0.25, 0.3) is 0 Å². The lowest BCUT2D eigenvalue weighted by Crippen LogP contribution is -2.43. The van der Waals surface area contributed by atoms with Crippen LogP contribution in [0.4, 0.5) is 0 Å². The van der Waals surface area contributed by atoms with E-state index in [0.29, 0.717) is 12.0 Å². The van der Waals surface area contributed by atoms with Crippen molar-refractivity contribution in [2.75, 3.05) is 47.8 Å². The summed E-state index contributed by atoms with van der Waals surface area (Å²) in [7, 11) is 8.09. The molecule has 1 unspecified atom stereocenters. The molecular weight excluding hydrogens is 375 g/mol. The Hall–Kier alpha value is -0.560. The van der Waals surface area contributed by atoms with E-state index >= 15 is 0 Å². The Labute approximate surface area is 148 Å². The number of hydrogen-bond acceptors (Lipinski definition) is 2. The number of halogens is 1. The first-order valence-electron chi connectivity index (χ1n) is 7.20. The average Bonchev–Trinajstić information content (AvgIpc) is 2.33. The second kappa shape index (κ2) is 12.0. The molecule has 0 aliphatic rings. The van der Waals surface area contributed by atoms with Gasteiger partial charge in [-0.25, -0.2) is 0 Å². The van der Waals surface area contributed by atoms with E-state index in [9.17, 15) is 0 Å². The van der Waals surface area contributed by atoms with Crippen LogP contribution in [-0.2, 0) is 0 Å². The average molecular weight is 408 g/mol. The summed E-state index contributed by atoms with van der Waals surface area (Å²) in [6.45, 7) is 14.7. The van der Waals surface area contributed by atoms with Crippen LogP contribution in [0, 0.1) is 5.92 Å². The first-order valence-corrected chi connectivity index (χ1v) is 7.20. The predicted molar refractivity (Wildman–Crippen MR) is 106 cm³/mol. The Kier molecular flexibility index (Phi) is 13.0. The summed E-state index contributed by atoms with van der Waals surface area (Å²) in [5.74, 6) is 1.53. The quantitative estimate of drug-likeness (QED) is 0.267. The number of guanidine groups is 1. The van der Waals surface area contributed by atoms with Gasteiger partial charge in [0.2, 0.25) is 0 Å². The predicted octanol–water partition coefficient (Wildman–Crippen LogP) is 2.78. The summed E-state index contributed by atoms with van der Waals surface area (Å²) in [4.78, 5) is 11.2. The van der Waals surface area contributed by atoms with Crippen molar-refractivity contribution in [1.29, 1.82) is 0 Å². The molecule has 0 aliphatic carbocycles. The van der Waals surface area contributed by atoms with Crippen molar-refractivity contribution in [3.8, 4) is 0 Å². The van der Waals surface area contributed by atoms with E-state index in [1.807, 2.05) is 50.1 Å². The van der Waals surface area contributed by atoms with Crippen LogP contribution in [0.25, 0.3) is 0 Å². The molecule has 0 fully saturated rings. The van der Waals surface area contributed by atoms with Gasteiger partial charge in [0.1, 0.15) is 0 Å². The van der Waals surface area contributed by atoms with E-state index in [-0.39, 0.29) is 24.0 Å². The third-order valence-corrected chi connectivity index (χ3v) is 3.19. The Bertz CT molecular complexity index is 304. The molecule has 0 N–H and O–H groups in total. The van der Waals surface area contributed by atoms with Gasteiger partial charge >= 0.3 is 0 Å². The SMILES string of the molecule is C=CCN(CC=C)C(CN=C(N(C)C)N(C)C)C(C)C.I. The number of hydrogen-bond donors (Lipinski definition) is 0. The lowest BCUT2D eigenvalue weighted by atomic mass is 10.0. The van der Waals surface area contributed by atoms with Crippen molar-refractivity contribution in [1.82, 2.24) is 14.7 Å². The highest BCUT2D eigenvalue weighted by molar-refractivity contribution is 14.0. The third kappa shape index (κ3) is 8.46. The minimum absolute atomic E-state index is 0. The molecule has 0 amide bonds. The molecule has 5 heteroatoms. The molecule has 0 bridgehead atoms. The summed E-state index contributed by atoms with van der Waals surface area (Å²) in [5, 5.41) is 0. The molecule has 1 atom stereocenters. The zero-order valence-corrected chi connectivity index (χ0v) is 16.9. The summed E-state index contributed by atoms with van der Waals surface area (Å²) >= 11 is 0. The van der Waals surface area contributed by atoms with Gasteiger partial charge in [0, 0.05) is 47.3 Å². The van der Waals surface area contributed by atoms with Crippen LogP contribution in [0.15, 0.2) is 30.3 Å². The van der Waals surface area contributed by atoms with Gasteiger partial charge in [-0.15, -0.1) is 37.1 Å². The highest BCUT2D eigenvalue weighted by Crippen LogP contribution is 2.12. The van der Waals surface area contributed by atoms with Crippen molar-refractivity contribution < 1.29 is 0 Å². The molecule has 0 saturated carbocycles. The maximum atomic E-state index is 4.79. The molecule has 0 aliphatic heterocycles. The second-order valence-corrected chi connectivity index (χ2v) is 5.77. The third-order valence-electron chi connectivity index (χ3n) is 3.19. The van der Waals surface area contributed by atoms with Crippen LogP contribution in [0.3, 0.4) is 0 Å². The summed E-state index contributed by atoms with van der Waals surface area (Å²) in [5.41, 5.74) is 0. The van der Waals surface area contributed by atoms with Gasteiger partial charge in [0.15, 0.2) is 5.96 Å². The van der Waals surface area contributed by atoms with E-state index in [4.69, 9.17) is 4.99 Å². The van der Waals surface area contributed by atoms with Crippen molar-refractivity contribution in [2.45, 2.75) is 19.9 Å². The molecule has 0 saturated heterocycles. The normalized spacial score (nSPS) is 11.6. The van der Waals surface area contributed by atoms with Crippen molar-refractivity contribution in [3.63, 3.8) is 0 Å². The zero-order chi connectivity index (χ0) is 15.7. The fourth-order valence-electron chi connectivity index (χ4n) is 2.28. The topological polar surface area (TPSA) is 22.1 Å². The van der Waals surface area contributed by atoms with Crippen LogP contribution in [0.1, 0.15) is 13.8 Å². The fourth-order valence-corrected chi connectivity index (χ4v) is 2.28. The van der Waals surface area contributed by atoms with Crippen molar-refractivity contribution in [2.24, 2.45) is 10.9 Å². The van der Waals surface area contributed by atoms with Gasteiger partial charge in [-0.3, -0.25) is 9.89 Å². The maximum absolute atomic E-state index is 4.79. The molecule has 4 nitrogen and oxygen atoms in total. The van der Waals surface area contributed by atoms with Crippen LogP contribution >= 0.6 is 24.0 Å². The molecule has 0 spiro atoms. The Morgan fingerprint density at radius 2 is 1.43 bits per heavy atom. The molecule has 0 rings (SSSR count). The van der Waals surface area contributed by atoms with Crippen LogP contribution in [0.5, 0.6) is 0 Å². The van der Waals surface area contributed by atoms with Gasteiger partial charge in [0.05, 0.1) is 6.54 Å². The van der Waals surface area contributed by atoms with E-state index in [1.165, 1.54) is 0 Å². The molecular formula is C16H33IN4. The lowest BCUT2D eigenvalue weighted by Gasteiger charge is -2.32. The molecule has 0 aromatic heterocycles. The number of rotatable bonds is 8.